The summed E-state index contributed by atoms with van der Waals surface area (Å²) >= 11 is 5.89. The molecule has 1 saturated heterocycles. The largest absolute Gasteiger partial charge is 0.481 e. The van der Waals surface area contributed by atoms with Crippen molar-refractivity contribution in [2.75, 3.05) is 27.3 Å². The highest BCUT2D eigenvalue weighted by molar-refractivity contribution is 6.30. The van der Waals surface area contributed by atoms with Crippen molar-refractivity contribution < 1.29 is 14.3 Å². The quantitative estimate of drug-likeness (QED) is 0.859. The van der Waals surface area contributed by atoms with Crippen molar-refractivity contribution in [1.29, 1.82) is 0 Å². The minimum Gasteiger partial charge on any atom is -0.481 e. The van der Waals surface area contributed by atoms with E-state index in [1.54, 1.807) is 4.90 Å². The van der Waals surface area contributed by atoms with E-state index in [-0.39, 0.29) is 11.7 Å². The van der Waals surface area contributed by atoms with Gasteiger partial charge >= 0.3 is 0 Å². The van der Waals surface area contributed by atoms with Gasteiger partial charge in [-0.1, -0.05) is 23.7 Å². The summed E-state index contributed by atoms with van der Waals surface area (Å²) in [7, 11) is 2.96. The van der Waals surface area contributed by atoms with Crippen LogP contribution in [0.3, 0.4) is 0 Å². The summed E-state index contributed by atoms with van der Waals surface area (Å²) in [5.41, 5.74) is 1.17. The highest BCUT2D eigenvalue weighted by Crippen LogP contribution is 2.29. The molecule has 0 atom stereocenters. The maximum Gasteiger partial charge on any atom is 0.291 e. The zero-order valence-electron chi connectivity index (χ0n) is 12.8. The van der Waals surface area contributed by atoms with Crippen molar-refractivity contribution in [3.05, 3.63) is 46.7 Å². The first-order valence-corrected chi connectivity index (χ1v) is 7.50. The molecule has 1 aliphatic rings. The fourth-order valence-electron chi connectivity index (χ4n) is 2.44. The van der Waals surface area contributed by atoms with Gasteiger partial charge in [0.2, 0.25) is 17.6 Å². The lowest BCUT2D eigenvalue weighted by Gasteiger charge is -2.39. The van der Waals surface area contributed by atoms with Crippen LogP contribution >= 0.6 is 11.6 Å². The van der Waals surface area contributed by atoms with E-state index in [4.69, 9.17) is 21.1 Å². The number of hydrogen-bond acceptors (Lipinski definition) is 5. The van der Waals surface area contributed by atoms with Crippen LogP contribution in [0.2, 0.25) is 5.02 Å². The number of carbonyl (C=O) groups excluding carboxylic acids is 1. The fraction of sp³-hybridized carbons (Fsp3) is 0.312. The van der Waals surface area contributed by atoms with E-state index in [1.807, 2.05) is 24.3 Å². The molecule has 120 valence electrons. The molecule has 2 heterocycles. The van der Waals surface area contributed by atoms with Gasteiger partial charge in [-0.05, 0) is 17.7 Å². The van der Waals surface area contributed by atoms with E-state index in [0.29, 0.717) is 35.8 Å². The molecule has 2 aromatic rings. The van der Waals surface area contributed by atoms with Crippen LogP contribution in [-0.2, 0) is 0 Å². The number of rotatable bonds is 4. The Labute approximate surface area is 139 Å². The zero-order chi connectivity index (χ0) is 16.4. The lowest BCUT2D eigenvalue weighted by Crippen LogP contribution is -2.48. The van der Waals surface area contributed by atoms with Gasteiger partial charge in [-0.2, -0.15) is 9.97 Å². The summed E-state index contributed by atoms with van der Waals surface area (Å²) in [5, 5.41) is 0.706. The van der Waals surface area contributed by atoms with Crippen LogP contribution in [0.4, 0.5) is 0 Å². The number of benzene rings is 1. The van der Waals surface area contributed by atoms with E-state index in [2.05, 4.69) is 9.97 Å². The Morgan fingerprint density at radius 1 is 1.13 bits per heavy atom. The highest BCUT2D eigenvalue weighted by atomic mass is 35.5. The molecule has 0 radical (unpaired) electrons. The Morgan fingerprint density at radius 3 is 2.22 bits per heavy atom. The lowest BCUT2D eigenvalue weighted by molar-refractivity contribution is 0.0587. The molecule has 0 unspecified atom stereocenters. The number of amides is 1. The summed E-state index contributed by atoms with van der Waals surface area (Å²) in [4.78, 5) is 22.3. The number of likely N-dealkylation sites (tertiary alicyclic amines) is 1. The van der Waals surface area contributed by atoms with Crippen molar-refractivity contribution >= 4 is 17.5 Å². The average Bonchev–Trinajstić information content (AvgIpc) is 2.54. The molecule has 1 aliphatic heterocycles. The maximum absolute atomic E-state index is 12.5. The van der Waals surface area contributed by atoms with Crippen molar-refractivity contribution in [1.82, 2.24) is 14.9 Å². The smallest absolute Gasteiger partial charge is 0.291 e. The summed E-state index contributed by atoms with van der Waals surface area (Å²) in [6.07, 6.45) is 0. The minimum atomic E-state index is -0.229. The van der Waals surface area contributed by atoms with Crippen molar-refractivity contribution in [3.63, 3.8) is 0 Å². The molecule has 23 heavy (non-hydrogen) atoms. The second-order valence-corrected chi connectivity index (χ2v) is 5.67. The second kappa shape index (κ2) is 6.42. The third-order valence-corrected chi connectivity index (χ3v) is 4.05. The summed E-state index contributed by atoms with van der Waals surface area (Å²) in [5.74, 6) is 0.761. The molecule has 3 rings (SSSR count). The molecule has 1 amide bonds. The molecule has 0 aliphatic carbocycles. The zero-order valence-corrected chi connectivity index (χ0v) is 13.6. The fourth-order valence-corrected chi connectivity index (χ4v) is 2.57. The van der Waals surface area contributed by atoms with Crippen LogP contribution in [0, 0.1) is 0 Å². The predicted octanol–water partition coefficient (Wildman–Crippen LogP) is 2.39. The molecule has 1 aromatic carbocycles. The molecule has 0 spiro atoms. The van der Waals surface area contributed by atoms with Crippen LogP contribution < -0.4 is 9.47 Å². The third-order valence-electron chi connectivity index (χ3n) is 3.80. The van der Waals surface area contributed by atoms with E-state index in [1.165, 1.54) is 25.8 Å². The van der Waals surface area contributed by atoms with Crippen LogP contribution in [0.5, 0.6) is 11.8 Å². The monoisotopic (exact) mass is 333 g/mol. The van der Waals surface area contributed by atoms with Gasteiger partial charge in [0, 0.05) is 24.0 Å². The Balaban J connectivity index is 1.70. The van der Waals surface area contributed by atoms with E-state index in [0.717, 1.165) is 0 Å². The number of methoxy groups -OCH3 is 2. The first kappa shape index (κ1) is 15.6. The topological polar surface area (TPSA) is 64.6 Å². The maximum atomic E-state index is 12.5. The van der Waals surface area contributed by atoms with E-state index >= 15 is 0 Å². The van der Waals surface area contributed by atoms with Crippen LogP contribution in [0.25, 0.3) is 0 Å². The van der Waals surface area contributed by atoms with Gasteiger partial charge in [0.25, 0.3) is 5.91 Å². The van der Waals surface area contributed by atoms with Gasteiger partial charge in [0.1, 0.15) is 0 Å². The third kappa shape index (κ3) is 3.22. The number of halogens is 1. The number of hydrogen-bond donors (Lipinski definition) is 0. The first-order valence-electron chi connectivity index (χ1n) is 7.12. The standard InChI is InChI=1S/C16H16ClN3O3/c1-22-13-7-14(23-2)19-15(18-13)16(21)20-8-11(9-20)10-3-5-12(17)6-4-10/h3-7,11H,8-9H2,1-2H3. The van der Waals surface area contributed by atoms with Gasteiger partial charge in [0.15, 0.2) is 0 Å². The summed E-state index contributed by atoms with van der Waals surface area (Å²) < 4.78 is 10.1. The second-order valence-electron chi connectivity index (χ2n) is 5.23. The Morgan fingerprint density at radius 2 is 1.70 bits per heavy atom. The number of nitrogens with zero attached hydrogens (tertiary/aromatic N) is 3. The highest BCUT2D eigenvalue weighted by Gasteiger charge is 2.33. The number of ether oxygens (including phenoxy) is 2. The first-order chi connectivity index (χ1) is 11.1. The van der Waals surface area contributed by atoms with Gasteiger partial charge in [0.05, 0.1) is 20.3 Å². The minimum absolute atomic E-state index is 0.0794. The van der Waals surface area contributed by atoms with Crippen molar-refractivity contribution in [2.45, 2.75) is 5.92 Å². The van der Waals surface area contributed by atoms with Gasteiger partial charge < -0.3 is 14.4 Å². The molecule has 0 saturated carbocycles. The molecule has 1 aromatic heterocycles. The molecule has 1 fully saturated rings. The summed E-state index contributed by atoms with van der Waals surface area (Å²) in [6, 6.07) is 9.22. The average molecular weight is 334 g/mol. The van der Waals surface area contributed by atoms with Crippen LogP contribution in [0.15, 0.2) is 30.3 Å². The molecule has 0 N–H and O–H groups in total. The molecule has 0 bridgehead atoms. The summed E-state index contributed by atoms with van der Waals surface area (Å²) in [6.45, 7) is 1.26. The number of carbonyl (C=O) groups is 1. The molecular formula is C16H16ClN3O3. The van der Waals surface area contributed by atoms with Gasteiger partial charge in [-0.25, -0.2) is 0 Å². The molecule has 7 heteroatoms. The van der Waals surface area contributed by atoms with Crippen LogP contribution in [0.1, 0.15) is 22.1 Å². The van der Waals surface area contributed by atoms with Gasteiger partial charge in [-0.3, -0.25) is 4.79 Å². The van der Waals surface area contributed by atoms with E-state index in [9.17, 15) is 4.79 Å². The van der Waals surface area contributed by atoms with Crippen molar-refractivity contribution in [3.8, 4) is 11.8 Å². The van der Waals surface area contributed by atoms with Crippen molar-refractivity contribution in [2.24, 2.45) is 0 Å². The van der Waals surface area contributed by atoms with E-state index < -0.39 is 0 Å². The Kier molecular flexibility index (Phi) is 4.34. The predicted molar refractivity (Wildman–Crippen MR) is 85.2 cm³/mol. The van der Waals surface area contributed by atoms with Crippen LogP contribution in [-0.4, -0.2) is 48.1 Å². The van der Waals surface area contributed by atoms with Gasteiger partial charge in [-0.15, -0.1) is 0 Å². The SMILES string of the molecule is COc1cc(OC)nc(C(=O)N2CC(c3ccc(Cl)cc3)C2)n1. The Bertz CT molecular complexity index is 693. The lowest BCUT2D eigenvalue weighted by atomic mass is 9.91. The normalized spacial score (nSPS) is 14.3. The number of aromatic nitrogens is 2. The molecular weight excluding hydrogens is 318 g/mol. The molecule has 6 nitrogen and oxygen atoms in total. The Hall–Kier alpha value is -2.34.